The topological polar surface area (TPSA) is 126 Å². The first-order valence-electron chi connectivity index (χ1n) is 8.61. The van der Waals surface area contributed by atoms with E-state index in [0.29, 0.717) is 18.7 Å². The van der Waals surface area contributed by atoms with E-state index < -0.39 is 10.0 Å². The highest BCUT2D eigenvalue weighted by molar-refractivity contribution is 7.91. The Kier molecular flexibility index (Phi) is 3.86. The van der Waals surface area contributed by atoms with E-state index >= 15 is 0 Å². The molecule has 3 saturated heterocycles. The van der Waals surface area contributed by atoms with Gasteiger partial charge in [-0.15, -0.1) is 15.3 Å². The number of carbonyl (C=O) groups excluding carboxylic acids is 1. The maximum atomic E-state index is 13.0. The van der Waals surface area contributed by atoms with Crippen molar-refractivity contribution in [3.63, 3.8) is 0 Å². The van der Waals surface area contributed by atoms with E-state index in [1.807, 2.05) is 12.1 Å². The molecule has 3 aliphatic rings. The molecule has 0 spiro atoms. The molecule has 3 fully saturated rings. The van der Waals surface area contributed by atoms with Crippen molar-refractivity contribution in [1.29, 1.82) is 0 Å². The van der Waals surface area contributed by atoms with Gasteiger partial charge in [-0.25, -0.2) is 13.4 Å². The predicted octanol–water partition coefficient (Wildman–Crippen LogP) is 0.191. The fourth-order valence-corrected chi connectivity index (χ4v) is 6.73. The molecule has 0 saturated carbocycles. The number of nitrogens with zero attached hydrogens (tertiary/aromatic N) is 7. The second kappa shape index (κ2) is 6.18. The largest absolute Gasteiger partial charge is 0.352 e. The summed E-state index contributed by atoms with van der Waals surface area (Å²) >= 11 is 0.968. The first-order valence-corrected chi connectivity index (χ1v) is 10.9. The van der Waals surface area contributed by atoms with Gasteiger partial charge in [-0.3, -0.25) is 4.79 Å². The normalized spacial score (nSPS) is 22.2. The molecule has 146 valence electrons. The number of anilines is 2. The van der Waals surface area contributed by atoms with Gasteiger partial charge in [0.1, 0.15) is 12.1 Å². The number of carbonyl (C=O) groups is 1. The van der Waals surface area contributed by atoms with Crippen molar-refractivity contribution in [2.24, 2.45) is 0 Å². The molecule has 0 aromatic carbocycles. The van der Waals surface area contributed by atoms with Gasteiger partial charge in [0.2, 0.25) is 5.91 Å². The van der Waals surface area contributed by atoms with Crippen molar-refractivity contribution >= 4 is 43.9 Å². The van der Waals surface area contributed by atoms with E-state index in [4.69, 9.17) is 0 Å². The van der Waals surface area contributed by atoms with E-state index in [2.05, 4.69) is 30.5 Å². The summed E-state index contributed by atoms with van der Waals surface area (Å²) in [5.74, 6) is 0.483. The minimum absolute atomic E-state index is 0.117. The minimum Gasteiger partial charge on any atom is -0.352 e. The molecule has 3 aromatic rings. The van der Waals surface area contributed by atoms with Crippen LogP contribution in [0.5, 0.6) is 0 Å². The number of aromatic nitrogens is 5. The van der Waals surface area contributed by atoms with Crippen LogP contribution in [-0.2, 0) is 14.8 Å². The Morgan fingerprint density at radius 1 is 1.29 bits per heavy atom. The molecule has 11 nitrogen and oxygen atoms in total. The van der Waals surface area contributed by atoms with Crippen molar-refractivity contribution in [3.05, 3.63) is 24.7 Å². The quantitative estimate of drug-likeness (QED) is 0.634. The van der Waals surface area contributed by atoms with Gasteiger partial charge in [0.05, 0.1) is 6.20 Å². The molecule has 2 bridgehead atoms. The van der Waals surface area contributed by atoms with Gasteiger partial charge in [0, 0.05) is 32.1 Å². The van der Waals surface area contributed by atoms with Crippen LogP contribution in [0.15, 0.2) is 28.9 Å². The Morgan fingerprint density at radius 2 is 2.07 bits per heavy atom. The third-order valence-corrected chi connectivity index (χ3v) is 8.25. The van der Waals surface area contributed by atoms with Gasteiger partial charge in [0.15, 0.2) is 15.0 Å². The van der Waals surface area contributed by atoms with Gasteiger partial charge in [0.25, 0.3) is 10.0 Å². The zero-order chi connectivity index (χ0) is 19.5. The Balaban J connectivity index is 1.35. The molecule has 13 heteroatoms. The zero-order valence-electron chi connectivity index (χ0n) is 14.8. The summed E-state index contributed by atoms with van der Waals surface area (Å²) in [6, 6.07) is 3.48. The predicted molar refractivity (Wildman–Crippen MR) is 101 cm³/mol. The van der Waals surface area contributed by atoms with Crippen LogP contribution in [0.1, 0.15) is 13.3 Å². The molecule has 3 aromatic heterocycles. The molecular formula is C15H16N8O3S2. The molecule has 1 amide bonds. The molecular weight excluding hydrogens is 404 g/mol. The third-order valence-electron chi connectivity index (χ3n) is 4.90. The number of fused-ring (bicyclic) bond motifs is 3. The smallest absolute Gasteiger partial charge is 0.254 e. The Morgan fingerprint density at radius 3 is 2.82 bits per heavy atom. The van der Waals surface area contributed by atoms with Crippen LogP contribution in [0.2, 0.25) is 0 Å². The number of sulfonamides is 1. The molecule has 2 unspecified atom stereocenters. The SMILES string of the molecule is CC(=O)Nc1ncc(S(=O)(=O)N2C3CC2CN(c2ccc4nncn4n2)C3)s1. The van der Waals surface area contributed by atoms with Crippen molar-refractivity contribution in [2.75, 3.05) is 23.3 Å². The highest BCUT2D eigenvalue weighted by Gasteiger charge is 2.52. The van der Waals surface area contributed by atoms with Crippen LogP contribution >= 0.6 is 11.3 Å². The van der Waals surface area contributed by atoms with Crippen molar-refractivity contribution < 1.29 is 13.2 Å². The van der Waals surface area contributed by atoms with Gasteiger partial charge in [-0.05, 0) is 18.6 Å². The van der Waals surface area contributed by atoms with Crippen molar-refractivity contribution in [1.82, 2.24) is 29.1 Å². The van der Waals surface area contributed by atoms with E-state index in [1.54, 1.807) is 8.82 Å². The van der Waals surface area contributed by atoms with E-state index in [0.717, 1.165) is 23.6 Å². The fourth-order valence-electron chi connectivity index (χ4n) is 3.73. The maximum Gasteiger partial charge on any atom is 0.254 e. The summed E-state index contributed by atoms with van der Waals surface area (Å²) in [5.41, 5.74) is 0.662. The van der Waals surface area contributed by atoms with Crippen LogP contribution in [0.4, 0.5) is 10.9 Å². The molecule has 0 aliphatic carbocycles. The zero-order valence-corrected chi connectivity index (χ0v) is 16.4. The number of thiazole rings is 1. The summed E-state index contributed by atoms with van der Waals surface area (Å²) < 4.78 is 29.4. The molecule has 6 rings (SSSR count). The summed E-state index contributed by atoms with van der Waals surface area (Å²) in [5, 5.41) is 15.1. The Bertz CT molecular complexity index is 1160. The van der Waals surface area contributed by atoms with E-state index in [-0.39, 0.29) is 27.3 Å². The van der Waals surface area contributed by atoms with Crippen LogP contribution in [-0.4, -0.2) is 68.6 Å². The molecule has 6 heterocycles. The number of rotatable bonds is 4. The number of nitrogens with one attached hydrogen (secondary N) is 1. The van der Waals surface area contributed by atoms with E-state index in [9.17, 15) is 13.2 Å². The number of piperazine rings is 1. The number of piperidine rings is 1. The van der Waals surface area contributed by atoms with Crippen molar-refractivity contribution in [2.45, 2.75) is 29.6 Å². The molecule has 28 heavy (non-hydrogen) atoms. The van der Waals surface area contributed by atoms with Gasteiger partial charge >= 0.3 is 0 Å². The fraction of sp³-hybridized carbons (Fsp3) is 0.400. The lowest BCUT2D eigenvalue weighted by Crippen LogP contribution is -2.70. The summed E-state index contributed by atoms with van der Waals surface area (Å²) in [4.78, 5) is 17.2. The first-order chi connectivity index (χ1) is 13.4. The van der Waals surface area contributed by atoms with Gasteiger partial charge < -0.3 is 10.2 Å². The maximum absolute atomic E-state index is 13.0. The molecule has 2 atom stereocenters. The molecule has 3 aliphatic heterocycles. The average Bonchev–Trinajstić information content (AvgIpc) is 3.29. The molecule has 0 radical (unpaired) electrons. The van der Waals surface area contributed by atoms with E-state index in [1.165, 1.54) is 19.4 Å². The lowest BCUT2D eigenvalue weighted by atomic mass is 9.91. The number of hydrogen-bond donors (Lipinski definition) is 1. The highest BCUT2D eigenvalue weighted by atomic mass is 32.2. The Hall–Kier alpha value is -2.64. The van der Waals surface area contributed by atoms with Crippen LogP contribution in [0.25, 0.3) is 5.65 Å². The second-order valence-corrected chi connectivity index (χ2v) is 9.87. The summed E-state index contributed by atoms with van der Waals surface area (Å²) in [6.07, 6.45) is 3.66. The van der Waals surface area contributed by atoms with Crippen LogP contribution in [0.3, 0.4) is 0 Å². The first kappa shape index (κ1) is 17.5. The average molecular weight is 420 g/mol. The monoisotopic (exact) mass is 420 g/mol. The second-order valence-electron chi connectivity index (χ2n) is 6.77. The molecule has 1 N–H and O–H groups in total. The lowest BCUT2D eigenvalue weighted by molar-refractivity contribution is -0.114. The summed E-state index contributed by atoms with van der Waals surface area (Å²) in [7, 11) is -3.64. The standard InChI is InChI=1S/C15H16N8O3S2/c1-9(24)18-15-16-5-14(27-15)28(25,26)23-10-4-11(23)7-21(6-10)13-3-2-12-19-17-8-22(12)20-13/h2-3,5,8,10-11H,4,6-7H2,1H3,(H,16,18,24). The third kappa shape index (κ3) is 2.73. The lowest BCUT2D eigenvalue weighted by Gasteiger charge is -2.54. The van der Waals surface area contributed by atoms with Crippen LogP contribution < -0.4 is 10.2 Å². The minimum atomic E-state index is -3.64. The van der Waals surface area contributed by atoms with Gasteiger partial charge in [-0.2, -0.15) is 8.82 Å². The highest BCUT2D eigenvalue weighted by Crippen LogP contribution is 2.40. The summed E-state index contributed by atoms with van der Waals surface area (Å²) in [6.45, 7) is 2.48. The van der Waals surface area contributed by atoms with Crippen molar-refractivity contribution in [3.8, 4) is 0 Å². The number of hydrogen-bond acceptors (Lipinski definition) is 9. The van der Waals surface area contributed by atoms with Crippen LogP contribution in [0, 0.1) is 0 Å². The Labute approximate surface area is 164 Å². The van der Waals surface area contributed by atoms with Gasteiger partial charge in [-0.1, -0.05) is 11.3 Å². The number of amides is 1.